The predicted octanol–water partition coefficient (Wildman–Crippen LogP) is 4.67. The van der Waals surface area contributed by atoms with Gasteiger partial charge in [0.05, 0.1) is 25.0 Å². The van der Waals surface area contributed by atoms with E-state index in [0.29, 0.717) is 24.5 Å². The number of rotatable bonds is 5. The number of carbonyl (C=O) groups is 2. The molecule has 1 fully saturated rings. The summed E-state index contributed by atoms with van der Waals surface area (Å²) in [6.07, 6.45) is 7.15. The first-order valence-corrected chi connectivity index (χ1v) is 11.8. The first-order valence-electron chi connectivity index (χ1n) is 10.9. The van der Waals surface area contributed by atoms with Gasteiger partial charge in [-0.1, -0.05) is 25.3 Å². The lowest BCUT2D eigenvalue weighted by Crippen LogP contribution is -2.64. The Bertz CT molecular complexity index is 1060. The van der Waals surface area contributed by atoms with Crippen LogP contribution in [-0.2, 0) is 17.9 Å². The molecule has 1 N–H and O–H groups in total. The molecule has 2 aliphatic rings. The molecule has 1 saturated carbocycles. The van der Waals surface area contributed by atoms with Crippen molar-refractivity contribution in [2.45, 2.75) is 63.7 Å². The summed E-state index contributed by atoms with van der Waals surface area (Å²) >= 11 is 1.60. The molecule has 7 heteroatoms. The van der Waals surface area contributed by atoms with Crippen LogP contribution in [0.15, 0.2) is 52.5 Å². The summed E-state index contributed by atoms with van der Waals surface area (Å²) in [6.45, 7) is 2.71. The normalized spacial score (nSPS) is 21.8. The summed E-state index contributed by atoms with van der Waals surface area (Å²) in [5.74, 6) is 0.494. The first kappa shape index (κ1) is 20.1. The third-order valence-electron chi connectivity index (χ3n) is 6.60. The van der Waals surface area contributed by atoms with Crippen LogP contribution < -0.4 is 5.32 Å². The van der Waals surface area contributed by atoms with Gasteiger partial charge in [0.2, 0.25) is 5.91 Å². The highest BCUT2D eigenvalue weighted by Crippen LogP contribution is 2.35. The second-order valence-corrected chi connectivity index (χ2v) is 9.75. The SMILES string of the molecule is C[C@@]1(C(=O)NC2CCCCC2)Cn2c(ccc2-c2ccco2)C(=O)N1Cc1cccs1. The molecule has 1 aliphatic heterocycles. The smallest absolute Gasteiger partial charge is 0.271 e. The molecule has 3 aromatic heterocycles. The number of fused-ring (bicyclic) bond motifs is 1. The van der Waals surface area contributed by atoms with Crippen LogP contribution in [-0.4, -0.2) is 32.9 Å². The lowest BCUT2D eigenvalue weighted by atomic mass is 9.91. The second kappa shape index (κ2) is 8.04. The van der Waals surface area contributed by atoms with Crippen LogP contribution in [0, 0.1) is 0 Å². The Hall–Kier alpha value is -2.80. The van der Waals surface area contributed by atoms with Gasteiger partial charge in [-0.05, 0) is 55.5 Å². The van der Waals surface area contributed by atoms with Crippen molar-refractivity contribution in [2.75, 3.05) is 0 Å². The molecule has 6 nitrogen and oxygen atoms in total. The van der Waals surface area contributed by atoms with Crippen molar-refractivity contribution in [1.82, 2.24) is 14.8 Å². The Labute approximate surface area is 185 Å². The van der Waals surface area contributed by atoms with E-state index in [9.17, 15) is 9.59 Å². The van der Waals surface area contributed by atoms with Crippen LogP contribution in [0.1, 0.15) is 54.4 Å². The minimum atomic E-state index is -0.994. The van der Waals surface area contributed by atoms with Gasteiger partial charge in [0.1, 0.15) is 17.0 Å². The Morgan fingerprint density at radius 1 is 1.16 bits per heavy atom. The largest absolute Gasteiger partial charge is 0.463 e. The highest BCUT2D eigenvalue weighted by Gasteiger charge is 2.48. The zero-order chi connectivity index (χ0) is 21.4. The summed E-state index contributed by atoms with van der Waals surface area (Å²) in [5.41, 5.74) is 0.415. The molecule has 0 aromatic carbocycles. The van der Waals surface area contributed by atoms with E-state index in [4.69, 9.17) is 4.42 Å². The molecule has 0 spiro atoms. The third kappa shape index (κ3) is 3.61. The molecule has 4 heterocycles. The maximum atomic E-state index is 13.7. The number of nitrogens with one attached hydrogen (secondary N) is 1. The molecule has 5 rings (SSSR count). The number of hydrogen-bond donors (Lipinski definition) is 1. The van der Waals surface area contributed by atoms with Crippen molar-refractivity contribution in [3.8, 4) is 11.5 Å². The van der Waals surface area contributed by atoms with Crippen LogP contribution in [0.4, 0.5) is 0 Å². The van der Waals surface area contributed by atoms with Gasteiger partial charge in [0.25, 0.3) is 5.91 Å². The monoisotopic (exact) mass is 437 g/mol. The van der Waals surface area contributed by atoms with E-state index in [1.165, 1.54) is 6.42 Å². The predicted molar refractivity (Wildman–Crippen MR) is 120 cm³/mol. The molecule has 0 unspecified atom stereocenters. The molecule has 0 saturated heterocycles. The molecule has 0 bridgehead atoms. The van der Waals surface area contributed by atoms with Crippen molar-refractivity contribution in [3.63, 3.8) is 0 Å². The van der Waals surface area contributed by atoms with Crippen LogP contribution in [0.5, 0.6) is 0 Å². The molecular weight excluding hydrogens is 410 g/mol. The van der Waals surface area contributed by atoms with E-state index in [0.717, 1.165) is 36.3 Å². The fourth-order valence-corrected chi connectivity index (χ4v) is 5.50. The van der Waals surface area contributed by atoms with Gasteiger partial charge in [-0.25, -0.2) is 0 Å². The maximum Gasteiger partial charge on any atom is 0.271 e. The number of furan rings is 1. The molecule has 2 amide bonds. The fraction of sp³-hybridized carbons (Fsp3) is 0.417. The van der Waals surface area contributed by atoms with Crippen molar-refractivity contribution < 1.29 is 14.0 Å². The van der Waals surface area contributed by atoms with E-state index >= 15 is 0 Å². The van der Waals surface area contributed by atoms with Gasteiger partial charge < -0.3 is 19.2 Å². The lowest BCUT2D eigenvalue weighted by molar-refractivity contribution is -0.134. The molecule has 3 aromatic rings. The number of amides is 2. The highest BCUT2D eigenvalue weighted by molar-refractivity contribution is 7.09. The molecule has 31 heavy (non-hydrogen) atoms. The number of nitrogens with zero attached hydrogens (tertiary/aromatic N) is 2. The van der Waals surface area contributed by atoms with Crippen molar-refractivity contribution in [2.24, 2.45) is 0 Å². The highest BCUT2D eigenvalue weighted by atomic mass is 32.1. The lowest BCUT2D eigenvalue weighted by Gasteiger charge is -2.45. The van der Waals surface area contributed by atoms with Gasteiger partial charge in [-0.3, -0.25) is 9.59 Å². The van der Waals surface area contributed by atoms with Crippen molar-refractivity contribution in [3.05, 3.63) is 58.6 Å². The molecule has 1 atom stereocenters. The quantitative estimate of drug-likeness (QED) is 0.631. The zero-order valence-corrected chi connectivity index (χ0v) is 18.5. The molecule has 1 aliphatic carbocycles. The minimum Gasteiger partial charge on any atom is -0.463 e. The van der Waals surface area contributed by atoms with Crippen LogP contribution in [0.25, 0.3) is 11.5 Å². The van der Waals surface area contributed by atoms with Crippen LogP contribution in [0.2, 0.25) is 0 Å². The summed E-state index contributed by atoms with van der Waals surface area (Å²) in [4.78, 5) is 30.1. The van der Waals surface area contributed by atoms with Gasteiger partial charge in [0.15, 0.2) is 0 Å². The maximum absolute atomic E-state index is 13.7. The number of thiophene rings is 1. The summed E-state index contributed by atoms with van der Waals surface area (Å²) in [5, 5.41) is 5.27. The Kier molecular flexibility index (Phi) is 5.22. The van der Waals surface area contributed by atoms with E-state index in [1.807, 2.05) is 53.3 Å². The fourth-order valence-electron chi connectivity index (χ4n) is 4.81. The number of aromatic nitrogens is 1. The molecule has 0 radical (unpaired) electrons. The van der Waals surface area contributed by atoms with E-state index in [-0.39, 0.29) is 17.9 Å². The van der Waals surface area contributed by atoms with Gasteiger partial charge in [0, 0.05) is 10.9 Å². The Morgan fingerprint density at radius 3 is 2.68 bits per heavy atom. The zero-order valence-electron chi connectivity index (χ0n) is 17.7. The van der Waals surface area contributed by atoms with E-state index in [2.05, 4.69) is 5.32 Å². The Morgan fingerprint density at radius 2 is 1.97 bits per heavy atom. The molecule has 162 valence electrons. The van der Waals surface area contributed by atoms with Gasteiger partial charge in [-0.15, -0.1) is 11.3 Å². The van der Waals surface area contributed by atoms with Gasteiger partial charge in [-0.2, -0.15) is 0 Å². The summed E-state index contributed by atoms with van der Waals surface area (Å²) in [6, 6.07) is 11.6. The average Bonchev–Trinajstić information content (AvgIpc) is 3.53. The van der Waals surface area contributed by atoms with Crippen LogP contribution >= 0.6 is 11.3 Å². The Balaban J connectivity index is 1.52. The van der Waals surface area contributed by atoms with Crippen LogP contribution in [0.3, 0.4) is 0 Å². The third-order valence-corrected chi connectivity index (χ3v) is 7.47. The average molecular weight is 438 g/mol. The minimum absolute atomic E-state index is 0.0750. The standard InChI is InChI=1S/C24H27N3O3S/c1-24(23(29)25-17-7-3-2-4-8-17)16-26-19(21-10-5-13-30-21)11-12-20(26)22(28)27(24)15-18-9-6-14-31-18/h5-6,9-14,17H,2-4,7-8,15-16H2,1H3,(H,25,29)/t24-/m0/s1. The molecular formula is C24H27N3O3S. The van der Waals surface area contributed by atoms with E-state index < -0.39 is 5.54 Å². The van der Waals surface area contributed by atoms with Crippen molar-refractivity contribution in [1.29, 1.82) is 0 Å². The summed E-state index contributed by atoms with van der Waals surface area (Å²) in [7, 11) is 0. The first-order chi connectivity index (χ1) is 15.1. The van der Waals surface area contributed by atoms with Gasteiger partial charge >= 0.3 is 0 Å². The topological polar surface area (TPSA) is 67.5 Å². The number of hydrogen-bond acceptors (Lipinski definition) is 4. The van der Waals surface area contributed by atoms with Crippen molar-refractivity contribution >= 4 is 23.2 Å². The van der Waals surface area contributed by atoms with E-state index in [1.54, 1.807) is 22.5 Å². The number of carbonyl (C=O) groups excluding carboxylic acids is 2. The second-order valence-electron chi connectivity index (χ2n) is 8.72. The summed E-state index contributed by atoms with van der Waals surface area (Å²) < 4.78 is 7.53.